The number of rotatable bonds is 6. The van der Waals surface area contributed by atoms with Crippen molar-refractivity contribution in [1.82, 2.24) is 4.90 Å². The lowest BCUT2D eigenvalue weighted by atomic mass is 10.1. The first-order valence-corrected chi connectivity index (χ1v) is 17.1. The highest BCUT2D eigenvalue weighted by Gasteiger charge is 2.60. The maximum atomic E-state index is 13.7. The van der Waals surface area contributed by atoms with E-state index < -0.39 is 34.6 Å². The summed E-state index contributed by atoms with van der Waals surface area (Å²) in [6, 6.07) is 9.76. The number of carbonyl (C=O) groups is 1. The van der Waals surface area contributed by atoms with Crippen LogP contribution in [0.5, 0.6) is 0 Å². The van der Waals surface area contributed by atoms with Crippen molar-refractivity contribution in [2.75, 3.05) is 0 Å². The Morgan fingerprint density at radius 3 is 1.84 bits per heavy atom. The van der Waals surface area contributed by atoms with Crippen LogP contribution in [0.3, 0.4) is 0 Å². The van der Waals surface area contributed by atoms with Gasteiger partial charge in [-0.1, -0.05) is 71.9 Å². The van der Waals surface area contributed by atoms with Crippen LogP contribution >= 0.6 is 0 Å². The van der Waals surface area contributed by atoms with E-state index >= 15 is 0 Å². The number of likely N-dealkylation sites (tertiary alicyclic amines) is 1. The Hall–Kier alpha value is -0.996. The smallest absolute Gasteiger partial charge is 0.255 e. The third-order valence-electron chi connectivity index (χ3n) is 7.51. The molecule has 5 nitrogen and oxygen atoms in total. The zero-order valence-corrected chi connectivity index (χ0v) is 23.4. The Morgan fingerprint density at radius 2 is 1.39 bits per heavy atom. The summed E-state index contributed by atoms with van der Waals surface area (Å²) in [6.45, 7) is 23.5. The fourth-order valence-corrected chi connectivity index (χ4v) is 5.77. The number of aliphatic hydroxyl groups is 1. The molecule has 1 amide bonds. The Morgan fingerprint density at radius 1 is 0.935 bits per heavy atom. The quantitative estimate of drug-likeness (QED) is 0.562. The SMILES string of the molecule is CC1(O)[C@H](O[Si](C)(C)C(C)(C)C)[C@@H](O[Si](C)(C)C(C)(C)C)C(=O)N1Cc1ccccc1. The summed E-state index contributed by atoms with van der Waals surface area (Å²) < 4.78 is 13.3. The van der Waals surface area contributed by atoms with Gasteiger partial charge in [0, 0.05) is 6.54 Å². The Bertz CT molecular complexity index is 779. The molecule has 0 spiro atoms. The fourth-order valence-electron chi connectivity index (χ4n) is 3.22. The minimum absolute atomic E-state index is 0.0551. The second-order valence-corrected chi connectivity index (χ2v) is 21.6. The third-order valence-corrected chi connectivity index (χ3v) is 16.4. The molecule has 176 valence electrons. The largest absolute Gasteiger partial charge is 0.406 e. The summed E-state index contributed by atoms with van der Waals surface area (Å²) in [5.74, 6) is -0.192. The molecule has 1 unspecified atom stereocenters. The Balaban J connectivity index is 2.49. The molecule has 7 heteroatoms. The molecule has 1 heterocycles. The van der Waals surface area contributed by atoms with E-state index in [2.05, 4.69) is 67.7 Å². The average molecular weight is 466 g/mol. The van der Waals surface area contributed by atoms with E-state index in [0.29, 0.717) is 6.54 Å². The molecule has 1 N–H and O–H groups in total. The van der Waals surface area contributed by atoms with Crippen LogP contribution in [0.1, 0.15) is 54.0 Å². The highest BCUT2D eigenvalue weighted by atomic mass is 28.4. The van der Waals surface area contributed by atoms with Gasteiger partial charge >= 0.3 is 0 Å². The number of hydrogen-bond acceptors (Lipinski definition) is 4. The molecule has 1 aromatic rings. The van der Waals surface area contributed by atoms with Crippen molar-refractivity contribution in [1.29, 1.82) is 0 Å². The highest BCUT2D eigenvalue weighted by Crippen LogP contribution is 2.45. The molecule has 31 heavy (non-hydrogen) atoms. The van der Waals surface area contributed by atoms with Gasteiger partial charge in [-0.05, 0) is 48.8 Å². The molecule has 0 saturated carbocycles. The first-order valence-electron chi connectivity index (χ1n) is 11.2. The van der Waals surface area contributed by atoms with Crippen LogP contribution in [0.4, 0.5) is 0 Å². The summed E-state index contributed by atoms with van der Waals surface area (Å²) in [7, 11) is -4.56. The number of nitrogens with zero attached hydrogens (tertiary/aromatic N) is 1. The van der Waals surface area contributed by atoms with Crippen LogP contribution in [0.2, 0.25) is 36.3 Å². The molecular formula is C24H43NO4Si2. The molecule has 0 radical (unpaired) electrons. The Labute approximate surface area is 191 Å². The standard InChI is InChI=1S/C24H43NO4Si2/c1-22(2,3)30(8,9)28-19-20(29-31(10,11)23(4,5)6)24(7,27)25(21(19)26)17-18-15-13-12-14-16-18/h12-16,19-20,27H,17H2,1-11H3/t19-,20-,24?/m1/s1. The summed E-state index contributed by atoms with van der Waals surface area (Å²) in [5.41, 5.74) is -0.495. The number of amides is 1. The topological polar surface area (TPSA) is 59.0 Å². The minimum Gasteiger partial charge on any atom is -0.406 e. The van der Waals surface area contributed by atoms with Crippen molar-refractivity contribution in [3.05, 3.63) is 35.9 Å². The minimum atomic E-state index is -2.28. The molecule has 1 fully saturated rings. The van der Waals surface area contributed by atoms with Crippen LogP contribution in [0, 0.1) is 0 Å². The van der Waals surface area contributed by atoms with Crippen LogP contribution in [0.25, 0.3) is 0 Å². The van der Waals surface area contributed by atoms with Gasteiger partial charge in [-0.25, -0.2) is 0 Å². The first kappa shape index (κ1) is 26.3. The molecule has 0 aliphatic carbocycles. The zero-order chi connectivity index (χ0) is 24.0. The van der Waals surface area contributed by atoms with Gasteiger partial charge in [0.2, 0.25) is 0 Å². The molecule has 1 saturated heterocycles. The molecule has 0 bridgehead atoms. The normalized spacial score (nSPS) is 25.9. The van der Waals surface area contributed by atoms with Crippen LogP contribution in [-0.2, 0) is 20.2 Å². The van der Waals surface area contributed by atoms with Crippen molar-refractivity contribution in [3.63, 3.8) is 0 Å². The van der Waals surface area contributed by atoms with E-state index in [1.165, 1.54) is 4.90 Å². The molecule has 0 aromatic heterocycles. The fraction of sp³-hybridized carbons (Fsp3) is 0.708. The number of benzene rings is 1. The van der Waals surface area contributed by atoms with Gasteiger partial charge in [0.05, 0.1) is 0 Å². The summed E-state index contributed by atoms with van der Waals surface area (Å²) >= 11 is 0. The van der Waals surface area contributed by atoms with Gasteiger partial charge in [0.1, 0.15) is 6.10 Å². The summed E-state index contributed by atoms with van der Waals surface area (Å²) in [6.07, 6.45) is -1.55. The van der Waals surface area contributed by atoms with E-state index in [4.69, 9.17) is 8.85 Å². The van der Waals surface area contributed by atoms with E-state index in [-0.39, 0.29) is 16.0 Å². The van der Waals surface area contributed by atoms with Crippen LogP contribution < -0.4 is 0 Å². The van der Waals surface area contributed by atoms with Crippen LogP contribution in [-0.4, -0.2) is 50.5 Å². The lowest BCUT2D eigenvalue weighted by Crippen LogP contribution is -2.57. The molecule has 1 aliphatic heterocycles. The number of carbonyl (C=O) groups excluding carboxylic acids is 1. The highest BCUT2D eigenvalue weighted by molar-refractivity contribution is 6.74. The molecule has 2 rings (SSSR count). The van der Waals surface area contributed by atoms with Crippen LogP contribution in [0.15, 0.2) is 30.3 Å². The summed E-state index contributed by atoms with van der Waals surface area (Å²) in [4.78, 5) is 15.2. The Kier molecular flexibility index (Phi) is 7.12. The second-order valence-electron chi connectivity index (χ2n) is 12.1. The van der Waals surface area contributed by atoms with Crippen molar-refractivity contribution in [2.45, 2.75) is 109 Å². The van der Waals surface area contributed by atoms with Gasteiger partial charge in [0.25, 0.3) is 5.91 Å². The van der Waals surface area contributed by atoms with Gasteiger partial charge in [-0.2, -0.15) is 0 Å². The van der Waals surface area contributed by atoms with Gasteiger partial charge in [0.15, 0.2) is 28.5 Å². The van der Waals surface area contributed by atoms with Crippen molar-refractivity contribution < 1.29 is 18.8 Å². The zero-order valence-electron chi connectivity index (χ0n) is 21.4. The lowest BCUT2D eigenvalue weighted by molar-refractivity contribution is -0.153. The molecule has 1 aliphatic rings. The lowest BCUT2D eigenvalue weighted by Gasteiger charge is -2.44. The second kappa shape index (κ2) is 8.41. The predicted octanol–water partition coefficient (Wildman–Crippen LogP) is 5.52. The average Bonchev–Trinajstić information content (AvgIpc) is 2.75. The van der Waals surface area contributed by atoms with Gasteiger partial charge in [-0.3, -0.25) is 4.79 Å². The summed E-state index contributed by atoms with van der Waals surface area (Å²) in [5, 5.41) is 11.6. The van der Waals surface area contributed by atoms with E-state index in [1.807, 2.05) is 30.3 Å². The first-order chi connectivity index (χ1) is 13.8. The van der Waals surface area contributed by atoms with Crippen molar-refractivity contribution in [2.24, 2.45) is 0 Å². The van der Waals surface area contributed by atoms with E-state index in [1.54, 1.807) is 6.92 Å². The maximum Gasteiger partial charge on any atom is 0.255 e. The maximum absolute atomic E-state index is 13.7. The molecule has 3 atom stereocenters. The molecular weight excluding hydrogens is 422 g/mol. The van der Waals surface area contributed by atoms with Gasteiger partial charge < -0.3 is 18.9 Å². The predicted molar refractivity (Wildman–Crippen MR) is 132 cm³/mol. The molecule has 1 aromatic carbocycles. The number of hydrogen-bond donors (Lipinski definition) is 1. The van der Waals surface area contributed by atoms with E-state index in [0.717, 1.165) is 5.56 Å². The monoisotopic (exact) mass is 465 g/mol. The van der Waals surface area contributed by atoms with Crippen molar-refractivity contribution >= 4 is 22.5 Å². The third kappa shape index (κ3) is 5.33. The van der Waals surface area contributed by atoms with Crippen molar-refractivity contribution in [3.8, 4) is 0 Å². The van der Waals surface area contributed by atoms with E-state index in [9.17, 15) is 9.90 Å². The van der Waals surface area contributed by atoms with Gasteiger partial charge in [-0.15, -0.1) is 0 Å².